The van der Waals surface area contributed by atoms with Crippen LogP contribution in [-0.4, -0.2) is 52.6 Å². The average molecular weight is 383 g/mol. The Hall–Kier alpha value is -2.21. The molecule has 1 aliphatic carbocycles. The molecule has 1 N–H and O–H groups in total. The first kappa shape index (κ1) is 20.5. The highest BCUT2D eigenvalue weighted by molar-refractivity contribution is 5.79. The molecule has 0 spiro atoms. The van der Waals surface area contributed by atoms with Gasteiger partial charge in [-0.1, -0.05) is 48.5 Å². The second-order valence-electron chi connectivity index (χ2n) is 6.84. The molecule has 0 fully saturated rings. The minimum Gasteiger partial charge on any atom is -0.465 e. The highest BCUT2D eigenvalue weighted by atomic mass is 16.5. The monoisotopic (exact) mass is 383 g/mol. The van der Waals surface area contributed by atoms with E-state index in [1.54, 1.807) is 0 Å². The maximum Gasteiger partial charge on any atom is 0.305 e. The van der Waals surface area contributed by atoms with Gasteiger partial charge in [0.15, 0.2) is 0 Å². The number of likely N-dealkylation sites (N-methyl/N-ethyl adjacent to an activating group) is 1. The molecule has 0 atom stereocenters. The third-order valence-corrected chi connectivity index (χ3v) is 4.91. The van der Waals surface area contributed by atoms with Crippen molar-refractivity contribution in [2.75, 3.05) is 46.6 Å². The molecular weight excluding hydrogens is 354 g/mol. The summed E-state index contributed by atoms with van der Waals surface area (Å²) in [7, 11) is 1.89. The number of hydrogen-bond acceptors (Lipinski definition) is 5. The topological polar surface area (TPSA) is 56.8 Å². The lowest BCUT2D eigenvalue weighted by molar-refractivity contribution is -0.144. The highest BCUT2D eigenvalue weighted by Gasteiger charge is 2.28. The third-order valence-electron chi connectivity index (χ3n) is 4.91. The van der Waals surface area contributed by atoms with E-state index < -0.39 is 0 Å². The van der Waals surface area contributed by atoms with E-state index in [1.165, 1.54) is 22.3 Å². The number of hydrogen-bond donors (Lipinski definition) is 1. The molecule has 0 heterocycles. The highest BCUT2D eigenvalue weighted by Crippen LogP contribution is 2.44. The first-order valence-corrected chi connectivity index (χ1v) is 9.95. The van der Waals surface area contributed by atoms with Crippen LogP contribution in [0.15, 0.2) is 48.5 Å². The molecule has 0 saturated carbocycles. The van der Waals surface area contributed by atoms with Gasteiger partial charge in [0.1, 0.15) is 6.61 Å². The van der Waals surface area contributed by atoms with Crippen LogP contribution in [0.25, 0.3) is 11.1 Å². The van der Waals surface area contributed by atoms with Crippen molar-refractivity contribution in [2.24, 2.45) is 0 Å². The number of rotatable bonds is 12. The van der Waals surface area contributed by atoms with Gasteiger partial charge in [0, 0.05) is 25.5 Å². The van der Waals surface area contributed by atoms with Gasteiger partial charge in [-0.15, -0.1) is 0 Å². The summed E-state index contributed by atoms with van der Waals surface area (Å²) in [6, 6.07) is 16.7. The lowest BCUT2D eigenvalue weighted by atomic mass is 9.98. The molecular formula is C23H29NO4. The normalized spacial score (nSPS) is 12.6. The van der Waals surface area contributed by atoms with Crippen LogP contribution in [0.3, 0.4) is 0 Å². The number of fused-ring (bicyclic) bond motifs is 3. The molecule has 5 heteroatoms. The Labute approximate surface area is 167 Å². The molecule has 0 saturated heterocycles. The number of ether oxygens (including phenoxy) is 3. The number of nitrogens with one attached hydrogen (secondary N) is 1. The van der Waals surface area contributed by atoms with Gasteiger partial charge in [-0.3, -0.25) is 4.79 Å². The fraction of sp³-hybridized carbons (Fsp3) is 0.435. The molecule has 0 aliphatic heterocycles. The zero-order valence-corrected chi connectivity index (χ0v) is 16.5. The predicted molar refractivity (Wildman–Crippen MR) is 109 cm³/mol. The van der Waals surface area contributed by atoms with Crippen LogP contribution in [0.4, 0.5) is 0 Å². The van der Waals surface area contributed by atoms with Crippen molar-refractivity contribution in [3.05, 3.63) is 59.7 Å². The van der Waals surface area contributed by atoms with Gasteiger partial charge >= 0.3 is 5.97 Å². The Morgan fingerprint density at radius 1 is 0.893 bits per heavy atom. The van der Waals surface area contributed by atoms with Crippen LogP contribution in [0.1, 0.15) is 29.9 Å². The van der Waals surface area contributed by atoms with Crippen molar-refractivity contribution in [3.63, 3.8) is 0 Å². The second kappa shape index (κ2) is 11.0. The molecule has 5 nitrogen and oxygen atoms in total. The third kappa shape index (κ3) is 5.41. The Morgan fingerprint density at radius 2 is 1.50 bits per heavy atom. The van der Waals surface area contributed by atoms with Gasteiger partial charge < -0.3 is 19.5 Å². The van der Waals surface area contributed by atoms with Crippen molar-refractivity contribution < 1.29 is 19.0 Å². The van der Waals surface area contributed by atoms with Gasteiger partial charge in [-0.2, -0.15) is 0 Å². The molecule has 0 unspecified atom stereocenters. The average Bonchev–Trinajstić information content (AvgIpc) is 3.05. The molecule has 28 heavy (non-hydrogen) atoms. The lowest BCUT2D eigenvalue weighted by Gasteiger charge is -2.14. The summed E-state index contributed by atoms with van der Waals surface area (Å²) < 4.78 is 16.4. The summed E-state index contributed by atoms with van der Waals surface area (Å²) in [5.74, 6) is -0.0573. The van der Waals surface area contributed by atoms with E-state index in [0.717, 1.165) is 6.54 Å². The molecule has 1 aliphatic rings. The van der Waals surface area contributed by atoms with Gasteiger partial charge in [0.05, 0.1) is 19.8 Å². The van der Waals surface area contributed by atoms with Crippen molar-refractivity contribution in [1.82, 2.24) is 5.32 Å². The van der Waals surface area contributed by atoms with Gasteiger partial charge in [-0.05, 0) is 35.7 Å². The Balaban J connectivity index is 1.37. The smallest absolute Gasteiger partial charge is 0.305 e. The molecule has 2 aromatic rings. The largest absolute Gasteiger partial charge is 0.465 e. The van der Waals surface area contributed by atoms with Crippen LogP contribution < -0.4 is 5.32 Å². The van der Waals surface area contributed by atoms with E-state index in [2.05, 4.69) is 41.7 Å². The van der Waals surface area contributed by atoms with Gasteiger partial charge in [0.2, 0.25) is 0 Å². The minimum absolute atomic E-state index is 0.113. The number of esters is 1. The zero-order valence-electron chi connectivity index (χ0n) is 16.5. The first-order valence-electron chi connectivity index (χ1n) is 9.95. The molecule has 2 aromatic carbocycles. The van der Waals surface area contributed by atoms with Gasteiger partial charge in [0.25, 0.3) is 0 Å². The molecule has 0 aromatic heterocycles. The summed E-state index contributed by atoms with van der Waals surface area (Å²) in [5, 5.41) is 3.02. The van der Waals surface area contributed by atoms with Crippen LogP contribution in [-0.2, 0) is 19.0 Å². The van der Waals surface area contributed by atoms with Gasteiger partial charge in [-0.25, -0.2) is 0 Å². The predicted octanol–water partition coefficient (Wildman–Crippen LogP) is 3.37. The van der Waals surface area contributed by atoms with Crippen molar-refractivity contribution in [3.8, 4) is 11.1 Å². The maximum atomic E-state index is 12.1. The second-order valence-corrected chi connectivity index (χ2v) is 6.84. The summed E-state index contributed by atoms with van der Waals surface area (Å²) in [5.41, 5.74) is 4.95. The van der Waals surface area contributed by atoms with Crippen LogP contribution in [0.5, 0.6) is 0 Å². The number of carbonyl (C=O) groups excluding carboxylic acids is 1. The van der Waals surface area contributed by atoms with E-state index in [-0.39, 0.29) is 11.9 Å². The fourth-order valence-corrected chi connectivity index (χ4v) is 3.50. The van der Waals surface area contributed by atoms with E-state index in [9.17, 15) is 4.79 Å². The fourth-order valence-electron chi connectivity index (χ4n) is 3.50. The standard InChI is InChI=1S/C23H29NO4/c1-24-12-14-27-16-15-26-13-6-11-23(25)28-17-22-20-9-4-2-7-18(20)19-8-3-5-10-21(19)22/h2-5,7-10,22,24H,6,11-17H2,1H3. The van der Waals surface area contributed by atoms with E-state index in [4.69, 9.17) is 14.2 Å². The SMILES string of the molecule is CNCCOCCOCCCC(=O)OCC1c2ccccc2-c2ccccc21. The quantitative estimate of drug-likeness (QED) is 0.450. The Morgan fingerprint density at radius 3 is 2.14 bits per heavy atom. The van der Waals surface area contributed by atoms with Crippen LogP contribution in [0, 0.1) is 0 Å². The molecule has 0 bridgehead atoms. The summed E-state index contributed by atoms with van der Waals surface area (Å²) in [4.78, 5) is 12.1. The Bertz CT molecular complexity index is 716. The van der Waals surface area contributed by atoms with Crippen molar-refractivity contribution in [1.29, 1.82) is 0 Å². The number of benzene rings is 2. The first-order chi connectivity index (χ1) is 13.8. The van der Waals surface area contributed by atoms with E-state index in [1.807, 2.05) is 19.2 Å². The van der Waals surface area contributed by atoms with E-state index >= 15 is 0 Å². The zero-order chi connectivity index (χ0) is 19.6. The summed E-state index contributed by atoms with van der Waals surface area (Å²) >= 11 is 0. The molecule has 0 radical (unpaired) electrons. The Kier molecular flexibility index (Phi) is 8.03. The molecule has 3 rings (SSSR count). The minimum atomic E-state index is -0.171. The summed E-state index contributed by atoms with van der Waals surface area (Å²) in [6.45, 7) is 3.56. The molecule has 150 valence electrons. The van der Waals surface area contributed by atoms with Crippen LogP contribution in [0.2, 0.25) is 0 Å². The number of carbonyl (C=O) groups is 1. The van der Waals surface area contributed by atoms with E-state index in [0.29, 0.717) is 45.9 Å². The summed E-state index contributed by atoms with van der Waals surface area (Å²) in [6.07, 6.45) is 1.03. The van der Waals surface area contributed by atoms with Crippen molar-refractivity contribution >= 4 is 5.97 Å². The maximum absolute atomic E-state index is 12.1. The van der Waals surface area contributed by atoms with Crippen molar-refractivity contribution in [2.45, 2.75) is 18.8 Å². The lowest BCUT2D eigenvalue weighted by Crippen LogP contribution is -2.16. The van der Waals surface area contributed by atoms with Crippen LogP contribution >= 0.6 is 0 Å². The molecule has 0 amide bonds.